The minimum Gasteiger partial charge on any atom is -0.478 e. The van der Waals surface area contributed by atoms with Crippen LogP contribution in [-0.2, 0) is 0 Å². The van der Waals surface area contributed by atoms with Crippen molar-refractivity contribution in [2.24, 2.45) is 0 Å². The molecule has 0 atom stereocenters. The number of benzene rings is 2. The first kappa shape index (κ1) is 15.4. The van der Waals surface area contributed by atoms with Gasteiger partial charge < -0.3 is 10.4 Å². The van der Waals surface area contributed by atoms with Crippen LogP contribution in [0.2, 0.25) is 5.02 Å². The van der Waals surface area contributed by atoms with Crippen LogP contribution in [-0.4, -0.2) is 23.2 Å². The fourth-order valence-electron chi connectivity index (χ4n) is 1.84. The molecule has 2 rings (SSSR count). The minimum absolute atomic E-state index is 0.0440. The number of hydrogen-bond donors (Lipinski definition) is 2. The summed E-state index contributed by atoms with van der Waals surface area (Å²) in [5.41, 5.74) is 0.534. The Morgan fingerprint density at radius 2 is 1.76 bits per heavy atom. The maximum atomic E-state index is 12.3. The maximum Gasteiger partial charge on any atom is 0.337 e. The van der Waals surface area contributed by atoms with Crippen molar-refractivity contribution in [1.82, 2.24) is 0 Å². The first-order chi connectivity index (χ1) is 10.0. The lowest BCUT2D eigenvalue weighted by atomic mass is 10.1. The van der Waals surface area contributed by atoms with Crippen molar-refractivity contribution in [3.63, 3.8) is 0 Å². The van der Waals surface area contributed by atoms with E-state index in [1.54, 1.807) is 12.1 Å². The van der Waals surface area contributed by atoms with Crippen molar-refractivity contribution in [1.29, 1.82) is 0 Å². The molecule has 0 aliphatic heterocycles. The van der Waals surface area contributed by atoms with E-state index in [0.717, 1.165) is 4.90 Å². The molecule has 2 aromatic rings. The Bertz CT molecular complexity index is 703. The van der Waals surface area contributed by atoms with Crippen molar-refractivity contribution in [2.75, 3.05) is 11.6 Å². The van der Waals surface area contributed by atoms with Crippen LogP contribution in [0.3, 0.4) is 0 Å². The number of thioether (sulfide) groups is 1. The average molecular weight is 322 g/mol. The third-order valence-electron chi connectivity index (χ3n) is 2.83. The number of amides is 1. The van der Waals surface area contributed by atoms with Gasteiger partial charge in [0.25, 0.3) is 5.91 Å². The number of carboxylic acid groups (broad SMARTS) is 1. The monoisotopic (exact) mass is 321 g/mol. The van der Waals surface area contributed by atoms with Gasteiger partial charge >= 0.3 is 5.97 Å². The third kappa shape index (κ3) is 3.37. The van der Waals surface area contributed by atoms with E-state index in [0.29, 0.717) is 5.56 Å². The third-order valence-corrected chi connectivity index (χ3v) is 3.94. The highest BCUT2D eigenvalue weighted by Gasteiger charge is 2.17. The van der Waals surface area contributed by atoms with Gasteiger partial charge in [0.05, 0.1) is 21.8 Å². The van der Waals surface area contributed by atoms with Gasteiger partial charge in [0.1, 0.15) is 0 Å². The van der Waals surface area contributed by atoms with Gasteiger partial charge in [0.15, 0.2) is 0 Å². The Labute approximate surface area is 131 Å². The van der Waals surface area contributed by atoms with E-state index in [9.17, 15) is 9.59 Å². The Morgan fingerprint density at radius 1 is 1.10 bits per heavy atom. The normalized spacial score (nSPS) is 10.2. The largest absolute Gasteiger partial charge is 0.478 e. The summed E-state index contributed by atoms with van der Waals surface area (Å²) < 4.78 is 0. The van der Waals surface area contributed by atoms with Gasteiger partial charge in [-0.15, -0.1) is 11.8 Å². The molecule has 0 aliphatic carbocycles. The predicted molar refractivity (Wildman–Crippen MR) is 84.6 cm³/mol. The van der Waals surface area contributed by atoms with Gasteiger partial charge in [-0.2, -0.15) is 0 Å². The standard InChI is InChI=1S/C15H12ClNO3S/c1-21-12-8-3-2-5-9(12)14(18)17-13-10(15(19)20)6-4-7-11(13)16/h2-8H,1H3,(H,17,18)(H,19,20). The molecule has 108 valence electrons. The first-order valence-electron chi connectivity index (χ1n) is 6.00. The molecular formula is C15H12ClNO3S. The van der Waals surface area contributed by atoms with Crippen LogP contribution >= 0.6 is 23.4 Å². The summed E-state index contributed by atoms with van der Waals surface area (Å²) in [6.45, 7) is 0. The number of anilines is 1. The highest BCUT2D eigenvalue weighted by atomic mass is 35.5. The molecule has 0 radical (unpaired) electrons. The van der Waals surface area contributed by atoms with E-state index in [2.05, 4.69) is 5.32 Å². The molecule has 4 nitrogen and oxygen atoms in total. The number of carbonyl (C=O) groups is 2. The second-order valence-corrected chi connectivity index (χ2v) is 5.38. The SMILES string of the molecule is CSc1ccccc1C(=O)Nc1c(Cl)cccc1C(=O)O. The molecule has 0 bridgehead atoms. The molecule has 0 spiro atoms. The predicted octanol–water partition coefficient (Wildman–Crippen LogP) is 4.01. The number of carbonyl (C=O) groups excluding carboxylic acids is 1. The van der Waals surface area contributed by atoms with Crippen molar-refractivity contribution in [3.8, 4) is 0 Å². The summed E-state index contributed by atoms with van der Waals surface area (Å²) in [6.07, 6.45) is 1.87. The lowest BCUT2D eigenvalue weighted by Crippen LogP contribution is -2.16. The van der Waals surface area contributed by atoms with Gasteiger partial charge in [-0.1, -0.05) is 29.8 Å². The lowest BCUT2D eigenvalue weighted by molar-refractivity contribution is 0.0698. The summed E-state index contributed by atoms with van der Waals surface area (Å²) in [6, 6.07) is 11.5. The summed E-state index contributed by atoms with van der Waals surface area (Å²) in [4.78, 5) is 24.4. The summed E-state index contributed by atoms with van der Waals surface area (Å²) in [5.74, 6) is -1.54. The molecular weight excluding hydrogens is 310 g/mol. The lowest BCUT2D eigenvalue weighted by Gasteiger charge is -2.12. The average Bonchev–Trinajstić information content (AvgIpc) is 2.48. The highest BCUT2D eigenvalue weighted by molar-refractivity contribution is 7.98. The van der Waals surface area contributed by atoms with E-state index in [1.165, 1.54) is 30.0 Å². The van der Waals surface area contributed by atoms with Crippen LogP contribution < -0.4 is 5.32 Å². The Hall–Kier alpha value is -1.98. The first-order valence-corrected chi connectivity index (χ1v) is 7.61. The zero-order chi connectivity index (χ0) is 15.4. The van der Waals surface area contributed by atoms with Crippen LogP contribution in [0.5, 0.6) is 0 Å². The molecule has 0 saturated heterocycles. The number of para-hydroxylation sites is 1. The summed E-state index contributed by atoms with van der Waals surface area (Å²) >= 11 is 7.43. The van der Waals surface area contributed by atoms with Gasteiger partial charge in [-0.25, -0.2) is 4.79 Å². The van der Waals surface area contributed by atoms with Crippen LogP contribution in [0, 0.1) is 0 Å². The molecule has 0 unspecified atom stereocenters. The van der Waals surface area contributed by atoms with Gasteiger partial charge in [0, 0.05) is 4.90 Å². The zero-order valence-electron chi connectivity index (χ0n) is 11.1. The molecule has 2 N–H and O–H groups in total. The molecule has 0 aromatic heterocycles. The molecule has 6 heteroatoms. The topological polar surface area (TPSA) is 66.4 Å². The molecule has 2 aromatic carbocycles. The van der Waals surface area contributed by atoms with Crippen molar-refractivity contribution < 1.29 is 14.7 Å². The Kier molecular flexibility index (Phi) is 4.88. The van der Waals surface area contributed by atoms with Gasteiger partial charge in [0.2, 0.25) is 0 Å². The number of carboxylic acids is 1. The number of halogens is 1. The fraction of sp³-hybridized carbons (Fsp3) is 0.0667. The smallest absolute Gasteiger partial charge is 0.337 e. The number of rotatable bonds is 4. The second-order valence-electron chi connectivity index (χ2n) is 4.12. The molecule has 0 saturated carbocycles. The van der Waals surface area contributed by atoms with E-state index in [-0.39, 0.29) is 16.3 Å². The quantitative estimate of drug-likeness (QED) is 0.835. The van der Waals surface area contributed by atoms with Crippen LogP contribution in [0.25, 0.3) is 0 Å². The number of hydrogen-bond acceptors (Lipinski definition) is 3. The highest BCUT2D eigenvalue weighted by Crippen LogP contribution is 2.28. The van der Waals surface area contributed by atoms with E-state index < -0.39 is 11.9 Å². The van der Waals surface area contributed by atoms with E-state index in [4.69, 9.17) is 16.7 Å². The molecule has 0 heterocycles. The van der Waals surface area contributed by atoms with Crippen molar-refractivity contribution in [2.45, 2.75) is 4.90 Å². The molecule has 0 fully saturated rings. The summed E-state index contributed by atoms with van der Waals surface area (Å²) in [7, 11) is 0. The van der Waals surface area contributed by atoms with Crippen molar-refractivity contribution >= 4 is 40.9 Å². The van der Waals surface area contributed by atoms with Crippen LogP contribution in [0.15, 0.2) is 47.4 Å². The number of aromatic carboxylic acids is 1. The zero-order valence-corrected chi connectivity index (χ0v) is 12.7. The minimum atomic E-state index is -1.15. The van der Waals surface area contributed by atoms with Crippen LogP contribution in [0.1, 0.15) is 20.7 Å². The second kappa shape index (κ2) is 6.65. The van der Waals surface area contributed by atoms with E-state index in [1.807, 2.05) is 18.4 Å². The summed E-state index contributed by atoms with van der Waals surface area (Å²) in [5, 5.41) is 11.9. The number of nitrogens with one attached hydrogen (secondary N) is 1. The fourth-order valence-corrected chi connectivity index (χ4v) is 2.66. The van der Waals surface area contributed by atoms with Gasteiger partial charge in [-0.05, 0) is 30.5 Å². The van der Waals surface area contributed by atoms with E-state index >= 15 is 0 Å². The molecule has 21 heavy (non-hydrogen) atoms. The Balaban J connectivity index is 2.38. The van der Waals surface area contributed by atoms with Crippen LogP contribution in [0.4, 0.5) is 5.69 Å². The van der Waals surface area contributed by atoms with Gasteiger partial charge in [-0.3, -0.25) is 4.79 Å². The van der Waals surface area contributed by atoms with Crippen molar-refractivity contribution in [3.05, 3.63) is 58.6 Å². The molecule has 1 amide bonds. The Morgan fingerprint density at radius 3 is 2.43 bits per heavy atom. The maximum absolute atomic E-state index is 12.3. The molecule has 0 aliphatic rings.